The Morgan fingerprint density at radius 3 is 2.20 bits per heavy atom. The fraction of sp³-hybridized carbons (Fsp3) is 0.239. The van der Waals surface area contributed by atoms with Crippen molar-refractivity contribution < 1.29 is 43.2 Å². The van der Waals surface area contributed by atoms with E-state index in [1.807, 2.05) is 89.8 Å². The van der Waals surface area contributed by atoms with Gasteiger partial charge in [0, 0.05) is 7.11 Å². The summed E-state index contributed by atoms with van der Waals surface area (Å²) in [6, 6.07) is 37.0. The summed E-state index contributed by atoms with van der Waals surface area (Å²) in [5.74, 6) is -3.14. The molecule has 304 valence electrons. The summed E-state index contributed by atoms with van der Waals surface area (Å²) in [4.78, 5) is 68.4. The minimum Gasteiger partial charge on any atom is -0.491 e. The van der Waals surface area contributed by atoms with Gasteiger partial charge in [0.25, 0.3) is 0 Å². The van der Waals surface area contributed by atoms with Gasteiger partial charge in [-0.05, 0) is 52.6 Å². The van der Waals surface area contributed by atoms with E-state index in [9.17, 15) is 9.90 Å². The lowest BCUT2D eigenvalue weighted by Gasteiger charge is -2.46. The molecule has 2 N–H and O–H groups in total. The molecule has 0 saturated carbocycles. The van der Waals surface area contributed by atoms with Gasteiger partial charge in [-0.3, -0.25) is 19.3 Å². The number of aliphatic hydroxyl groups excluding tert-OH is 1. The minimum absolute atomic E-state index is 0.0571. The number of thiazole rings is 1. The zero-order valence-corrected chi connectivity index (χ0v) is 33.2. The molecule has 9 rings (SSSR count). The van der Waals surface area contributed by atoms with Crippen molar-refractivity contribution in [2.24, 2.45) is 5.92 Å². The fourth-order valence-corrected chi connectivity index (χ4v) is 10.0. The number of ether oxygens (including phenoxy) is 4. The molecule has 3 aliphatic heterocycles. The summed E-state index contributed by atoms with van der Waals surface area (Å²) in [6.07, 6.45) is -1.83. The Kier molecular flexibility index (Phi) is 10.6. The summed E-state index contributed by atoms with van der Waals surface area (Å²) < 4.78 is 23.8. The molecule has 0 radical (unpaired) electrons. The van der Waals surface area contributed by atoms with Crippen molar-refractivity contribution in [3.8, 4) is 5.75 Å². The average Bonchev–Trinajstić information content (AvgIpc) is 3.92. The van der Waals surface area contributed by atoms with E-state index in [1.54, 1.807) is 48.5 Å². The van der Waals surface area contributed by atoms with Crippen molar-refractivity contribution >= 4 is 56.2 Å². The topological polar surface area (TPSA) is 157 Å². The highest BCUT2D eigenvalue weighted by Gasteiger charge is 2.75. The van der Waals surface area contributed by atoms with Gasteiger partial charge in [-0.1, -0.05) is 114 Å². The highest BCUT2D eigenvalue weighted by molar-refractivity contribution is 7.22. The highest BCUT2D eigenvalue weighted by atomic mass is 32.1. The summed E-state index contributed by atoms with van der Waals surface area (Å²) in [7, 11) is 1.47. The normalized spacial score (nSPS) is 23.3. The molecule has 6 aromatic rings. The van der Waals surface area contributed by atoms with E-state index in [0.717, 1.165) is 15.2 Å². The van der Waals surface area contributed by atoms with E-state index in [2.05, 4.69) is 10.3 Å². The number of carbonyl (C=O) groups is 4. The first-order chi connectivity index (χ1) is 29.4. The number of fused-ring (bicyclic) bond motifs is 4. The molecule has 0 bridgehead atoms. The molecule has 1 aromatic heterocycles. The van der Waals surface area contributed by atoms with Crippen molar-refractivity contribution in [1.29, 1.82) is 0 Å². The molecule has 2 fully saturated rings. The molecule has 3 amide bonds. The van der Waals surface area contributed by atoms with E-state index in [-0.39, 0.29) is 37.2 Å². The molecule has 3 aliphatic rings. The second-order valence-electron chi connectivity index (χ2n) is 14.6. The molecule has 5 aromatic carbocycles. The van der Waals surface area contributed by atoms with Gasteiger partial charge in [-0.25, -0.2) is 14.7 Å². The van der Waals surface area contributed by atoms with Crippen molar-refractivity contribution in [1.82, 2.24) is 9.88 Å². The Balaban J connectivity index is 1.31. The van der Waals surface area contributed by atoms with Gasteiger partial charge in [0.2, 0.25) is 11.8 Å². The van der Waals surface area contributed by atoms with Crippen LogP contribution in [0.1, 0.15) is 40.4 Å². The number of anilines is 2. The molecule has 14 heteroatoms. The van der Waals surface area contributed by atoms with Crippen LogP contribution in [0.25, 0.3) is 10.2 Å². The Hall–Kier alpha value is -6.45. The van der Waals surface area contributed by atoms with E-state index >= 15 is 14.4 Å². The average molecular weight is 825 g/mol. The molecule has 4 heterocycles. The summed E-state index contributed by atoms with van der Waals surface area (Å²) >= 11 is 1.26. The van der Waals surface area contributed by atoms with E-state index in [0.29, 0.717) is 28.0 Å². The van der Waals surface area contributed by atoms with Crippen LogP contribution in [0.2, 0.25) is 0 Å². The SMILES string of the molecule is COCCOC(=O)N1C(=O)[C@@]2(c3ccccc31)[C@H](C(=O)Nc1nc3ccccc3s1)[C@H]1C(=O)O[C@H](c3ccccc3)[C@H](c3ccccc3)N1[C@@H]2c1ccc(OCCO)cc1. The van der Waals surface area contributed by atoms with Crippen LogP contribution in [-0.2, 0) is 34.0 Å². The van der Waals surface area contributed by atoms with Crippen LogP contribution in [0.15, 0.2) is 133 Å². The number of para-hydroxylation sites is 2. The predicted octanol–water partition coefficient (Wildman–Crippen LogP) is 6.75. The molecule has 6 atom stereocenters. The molecular weight excluding hydrogens is 785 g/mol. The third-order valence-corrected chi connectivity index (χ3v) is 12.4. The molecule has 2 saturated heterocycles. The minimum atomic E-state index is -1.94. The number of cyclic esters (lactones) is 1. The third-order valence-electron chi connectivity index (χ3n) is 11.4. The van der Waals surface area contributed by atoms with Crippen molar-refractivity contribution in [2.45, 2.75) is 29.6 Å². The van der Waals surface area contributed by atoms with Gasteiger partial charge < -0.3 is 29.4 Å². The monoisotopic (exact) mass is 824 g/mol. The number of aromatic nitrogens is 1. The maximum Gasteiger partial charge on any atom is 0.421 e. The first-order valence-corrected chi connectivity index (χ1v) is 20.4. The molecule has 0 aliphatic carbocycles. The standard InChI is InChI=1S/C46H40N4O9S/c1-56-26-27-58-45(55)49-34-18-10-8-16-32(34)46(43(49)54)36(41(52)48-44-47-33-17-9-11-19-35(33)60-44)38-42(53)59-39(29-14-6-3-7-15-29)37(28-12-4-2-5-13-28)50(38)40(46)30-20-22-31(23-21-30)57-25-24-51/h2-23,36-40,51H,24-27H2,1H3,(H,47,48,52)/t36-,37-,38-,39+,40+,46-/m0/s1. The first kappa shape index (κ1) is 39.0. The Morgan fingerprint density at radius 1 is 0.800 bits per heavy atom. The summed E-state index contributed by atoms with van der Waals surface area (Å²) in [5.41, 5.74) is 1.36. The Bertz CT molecular complexity index is 2520. The third kappa shape index (κ3) is 6.48. The lowest BCUT2D eigenvalue weighted by atomic mass is 9.65. The molecule has 60 heavy (non-hydrogen) atoms. The number of hydrogen-bond acceptors (Lipinski definition) is 12. The number of imide groups is 1. The number of benzene rings is 5. The molecular formula is C46H40N4O9S. The Morgan fingerprint density at radius 2 is 1.48 bits per heavy atom. The number of nitrogens with one attached hydrogen (secondary N) is 1. The maximum absolute atomic E-state index is 16.0. The number of hydrogen-bond donors (Lipinski definition) is 2. The molecule has 13 nitrogen and oxygen atoms in total. The lowest BCUT2D eigenvalue weighted by molar-refractivity contribution is -0.177. The zero-order chi connectivity index (χ0) is 41.4. The van der Waals surface area contributed by atoms with Crippen LogP contribution in [0.3, 0.4) is 0 Å². The van der Waals surface area contributed by atoms with Gasteiger partial charge in [0.05, 0.1) is 47.1 Å². The number of rotatable bonds is 11. The number of carbonyl (C=O) groups excluding carboxylic acids is 4. The highest BCUT2D eigenvalue weighted by Crippen LogP contribution is 2.66. The van der Waals surface area contributed by atoms with Gasteiger partial charge in [0.15, 0.2) is 5.13 Å². The van der Waals surface area contributed by atoms with Crippen LogP contribution in [-0.4, -0.2) is 78.4 Å². The largest absolute Gasteiger partial charge is 0.491 e. The predicted molar refractivity (Wildman–Crippen MR) is 222 cm³/mol. The van der Waals surface area contributed by atoms with Crippen LogP contribution in [0, 0.1) is 5.92 Å². The smallest absolute Gasteiger partial charge is 0.421 e. The number of morpholine rings is 1. The van der Waals surface area contributed by atoms with Gasteiger partial charge in [-0.2, -0.15) is 0 Å². The van der Waals surface area contributed by atoms with Crippen molar-refractivity contribution in [3.63, 3.8) is 0 Å². The quantitative estimate of drug-likeness (QED) is 0.105. The van der Waals surface area contributed by atoms with Crippen molar-refractivity contribution in [2.75, 3.05) is 43.8 Å². The number of amides is 3. The number of nitrogens with zero attached hydrogens (tertiary/aromatic N) is 3. The van der Waals surface area contributed by atoms with Crippen LogP contribution in [0.5, 0.6) is 5.75 Å². The van der Waals surface area contributed by atoms with Crippen LogP contribution in [0.4, 0.5) is 15.6 Å². The van der Waals surface area contributed by atoms with E-state index in [4.69, 9.17) is 18.9 Å². The van der Waals surface area contributed by atoms with E-state index < -0.39 is 59.4 Å². The van der Waals surface area contributed by atoms with Crippen LogP contribution >= 0.6 is 11.3 Å². The second-order valence-corrected chi connectivity index (χ2v) is 15.7. The second kappa shape index (κ2) is 16.3. The van der Waals surface area contributed by atoms with Crippen LogP contribution < -0.4 is 15.0 Å². The fourth-order valence-electron chi connectivity index (χ4n) is 9.14. The number of methoxy groups -OCH3 is 1. The van der Waals surface area contributed by atoms with Crippen molar-refractivity contribution in [3.05, 3.63) is 156 Å². The van der Waals surface area contributed by atoms with Gasteiger partial charge >= 0.3 is 12.1 Å². The van der Waals surface area contributed by atoms with E-state index in [1.165, 1.54) is 18.4 Å². The first-order valence-electron chi connectivity index (χ1n) is 19.5. The van der Waals surface area contributed by atoms with Gasteiger partial charge in [-0.15, -0.1) is 0 Å². The number of aliphatic hydroxyl groups is 1. The molecule has 1 spiro atoms. The molecule has 0 unspecified atom stereocenters. The van der Waals surface area contributed by atoms with Gasteiger partial charge in [0.1, 0.15) is 36.5 Å². The number of esters is 1. The maximum atomic E-state index is 16.0. The summed E-state index contributed by atoms with van der Waals surface area (Å²) in [5, 5.41) is 12.8. The zero-order valence-electron chi connectivity index (χ0n) is 32.4. The lowest BCUT2D eigenvalue weighted by Crippen LogP contribution is -2.54. The summed E-state index contributed by atoms with van der Waals surface area (Å²) in [6.45, 7) is -0.188. The Labute approximate surface area is 349 Å².